The van der Waals surface area contributed by atoms with E-state index in [0.29, 0.717) is 50.8 Å². The highest BCUT2D eigenvalue weighted by Crippen LogP contribution is 2.53. The smallest absolute Gasteiger partial charge is 0.410 e. The molecular weight excluding hydrogens is 560 g/mol. The molecule has 1 aliphatic heterocycles. The van der Waals surface area contributed by atoms with E-state index in [1.165, 1.54) is 28.6 Å². The first-order valence-corrected chi connectivity index (χ1v) is 15.1. The van der Waals surface area contributed by atoms with E-state index in [1.807, 2.05) is 19.1 Å². The molecule has 1 amide bonds. The number of rotatable bonds is 8. The first-order valence-electron chi connectivity index (χ1n) is 13.3. The Kier molecular flexibility index (Phi) is 8.13. The quantitative estimate of drug-likeness (QED) is 0.300. The van der Waals surface area contributed by atoms with Crippen molar-refractivity contribution in [2.24, 2.45) is 0 Å². The molecule has 2 heterocycles. The summed E-state index contributed by atoms with van der Waals surface area (Å²) in [7, 11) is -4.46. The molecule has 3 aromatic rings. The second-order valence-corrected chi connectivity index (χ2v) is 12.5. The van der Waals surface area contributed by atoms with Gasteiger partial charge >= 0.3 is 6.09 Å². The summed E-state index contributed by atoms with van der Waals surface area (Å²) >= 11 is 5.91. The summed E-state index contributed by atoms with van der Waals surface area (Å²) in [6, 6.07) is 11.3. The fraction of sp³-hybridized carbons (Fsp3) is 0.379. The molecule has 0 bridgehead atoms. The van der Waals surface area contributed by atoms with Crippen molar-refractivity contribution < 1.29 is 26.7 Å². The zero-order valence-electron chi connectivity index (χ0n) is 22.0. The molecule has 1 saturated heterocycles. The molecule has 1 aliphatic carbocycles. The summed E-state index contributed by atoms with van der Waals surface area (Å²) in [5.41, 5.74) is 0.257. The van der Waals surface area contributed by atoms with E-state index in [9.17, 15) is 17.6 Å². The summed E-state index contributed by atoms with van der Waals surface area (Å²) in [6.07, 6.45) is 5.08. The maximum atomic E-state index is 15.1. The van der Waals surface area contributed by atoms with Gasteiger partial charge in [-0.25, -0.2) is 22.0 Å². The number of benzene rings is 2. The van der Waals surface area contributed by atoms with E-state index in [2.05, 4.69) is 4.98 Å². The minimum absolute atomic E-state index is 0.0646. The Morgan fingerprint density at radius 3 is 2.52 bits per heavy atom. The predicted molar refractivity (Wildman–Crippen MR) is 146 cm³/mol. The topological polar surface area (TPSA) is 79.8 Å². The molecule has 0 spiro atoms. The first-order chi connectivity index (χ1) is 19.1. The van der Waals surface area contributed by atoms with Crippen molar-refractivity contribution in [2.75, 3.05) is 6.54 Å². The van der Waals surface area contributed by atoms with Crippen LogP contribution in [-0.2, 0) is 21.3 Å². The maximum Gasteiger partial charge on any atom is 0.410 e. The van der Waals surface area contributed by atoms with Crippen LogP contribution in [0, 0.1) is 11.6 Å². The largest absolute Gasteiger partial charge is 0.441 e. The van der Waals surface area contributed by atoms with Crippen LogP contribution in [-0.4, -0.2) is 46.9 Å². The van der Waals surface area contributed by atoms with Crippen molar-refractivity contribution in [3.05, 3.63) is 94.8 Å². The minimum atomic E-state index is -4.46. The number of nitrogens with zero attached hydrogens (tertiary/aromatic N) is 3. The number of halogens is 3. The summed E-state index contributed by atoms with van der Waals surface area (Å²) in [5.74, 6) is -1.48. The second-order valence-electron chi connectivity index (χ2n) is 10.2. The number of pyridine rings is 1. The van der Waals surface area contributed by atoms with Gasteiger partial charge < -0.3 is 9.64 Å². The van der Waals surface area contributed by atoms with Gasteiger partial charge in [-0.1, -0.05) is 23.7 Å². The molecule has 11 heteroatoms. The van der Waals surface area contributed by atoms with Crippen molar-refractivity contribution in [3.8, 4) is 0 Å². The van der Waals surface area contributed by atoms with Crippen LogP contribution in [0.4, 0.5) is 13.6 Å². The SMILES string of the molecule is CCN(Cc1ccncc1)C(=O)OC1([C@H]2CCC[C@@H](c3cccc(F)c3)N2S(=O)(=O)c2ccc(Cl)cc2F)CC1. The third-order valence-electron chi connectivity index (χ3n) is 7.66. The molecule has 2 aromatic carbocycles. The van der Waals surface area contributed by atoms with Crippen molar-refractivity contribution in [3.63, 3.8) is 0 Å². The highest BCUT2D eigenvalue weighted by atomic mass is 35.5. The van der Waals surface area contributed by atoms with Gasteiger partial charge in [0.05, 0.1) is 12.1 Å². The van der Waals surface area contributed by atoms with Gasteiger partial charge in [0, 0.05) is 30.5 Å². The van der Waals surface area contributed by atoms with Gasteiger partial charge in [0.2, 0.25) is 10.0 Å². The number of hydrogen-bond donors (Lipinski definition) is 0. The van der Waals surface area contributed by atoms with Crippen LogP contribution < -0.4 is 0 Å². The standard InChI is InChI=1S/C29H30ClF2N3O4S/c1-2-34(19-20-11-15-33-16-12-20)28(36)39-29(13-14-29)27-8-4-7-25(21-5-3-6-23(31)17-21)35(27)40(37,38)26-10-9-22(30)18-24(26)32/h3,5-6,9-12,15-18,25,27H,2,4,7-8,13-14,19H2,1H3/t25-,27+/m0/s1. The third-order valence-corrected chi connectivity index (χ3v) is 9.84. The van der Waals surface area contributed by atoms with E-state index < -0.39 is 50.3 Å². The van der Waals surface area contributed by atoms with Gasteiger partial charge in [0.25, 0.3) is 0 Å². The maximum absolute atomic E-state index is 15.1. The van der Waals surface area contributed by atoms with Crippen molar-refractivity contribution in [2.45, 2.75) is 68.2 Å². The molecule has 0 unspecified atom stereocenters. The van der Waals surface area contributed by atoms with E-state index in [4.69, 9.17) is 16.3 Å². The summed E-state index contributed by atoms with van der Waals surface area (Å²) in [5, 5.41) is 0.0646. The van der Waals surface area contributed by atoms with Crippen LogP contribution in [0.5, 0.6) is 0 Å². The lowest BCUT2D eigenvalue weighted by Crippen LogP contribution is -2.54. The van der Waals surface area contributed by atoms with Crippen LogP contribution in [0.25, 0.3) is 0 Å². The lowest BCUT2D eigenvalue weighted by atomic mass is 9.90. The molecule has 2 aliphatic rings. The number of carbonyl (C=O) groups excluding carboxylic acids is 1. The highest BCUT2D eigenvalue weighted by molar-refractivity contribution is 7.89. The summed E-state index contributed by atoms with van der Waals surface area (Å²) < 4.78 is 65.1. The predicted octanol–water partition coefficient (Wildman–Crippen LogP) is 6.49. The summed E-state index contributed by atoms with van der Waals surface area (Å²) in [4.78, 5) is 18.4. The molecule has 7 nitrogen and oxygen atoms in total. The molecule has 0 radical (unpaired) electrons. The Labute approximate surface area is 237 Å². The fourth-order valence-electron chi connectivity index (χ4n) is 5.51. The monoisotopic (exact) mass is 589 g/mol. The van der Waals surface area contributed by atoms with Gasteiger partial charge in [0.1, 0.15) is 22.1 Å². The number of hydrogen-bond acceptors (Lipinski definition) is 5. The average molecular weight is 590 g/mol. The molecule has 2 atom stereocenters. The number of piperidine rings is 1. The van der Waals surface area contributed by atoms with Gasteiger partial charge in [-0.3, -0.25) is 4.98 Å². The molecular formula is C29H30ClF2N3O4S. The molecule has 212 valence electrons. The Hall–Kier alpha value is -3.08. The Morgan fingerprint density at radius 1 is 1.12 bits per heavy atom. The van der Waals surface area contributed by atoms with Gasteiger partial charge in [0.15, 0.2) is 0 Å². The molecule has 1 aromatic heterocycles. The number of sulfonamides is 1. The fourth-order valence-corrected chi connectivity index (χ4v) is 7.64. The van der Waals surface area contributed by atoms with E-state index >= 15 is 4.39 Å². The van der Waals surface area contributed by atoms with Crippen molar-refractivity contribution in [1.29, 1.82) is 0 Å². The first kappa shape index (κ1) is 28.4. The van der Waals surface area contributed by atoms with E-state index in [-0.39, 0.29) is 5.02 Å². The molecule has 1 saturated carbocycles. The van der Waals surface area contributed by atoms with Crippen LogP contribution in [0.2, 0.25) is 5.02 Å². The number of amides is 1. The van der Waals surface area contributed by atoms with Crippen LogP contribution in [0.15, 0.2) is 71.9 Å². The lowest BCUT2D eigenvalue weighted by Gasteiger charge is -2.44. The molecule has 0 N–H and O–H groups in total. The van der Waals surface area contributed by atoms with Crippen LogP contribution in [0.1, 0.15) is 56.2 Å². The minimum Gasteiger partial charge on any atom is -0.441 e. The van der Waals surface area contributed by atoms with Gasteiger partial charge in [-0.2, -0.15) is 4.31 Å². The molecule has 2 fully saturated rings. The number of aromatic nitrogens is 1. The number of ether oxygens (including phenoxy) is 1. The third kappa shape index (κ3) is 5.70. The van der Waals surface area contributed by atoms with Crippen molar-refractivity contribution in [1.82, 2.24) is 14.2 Å². The molecule has 40 heavy (non-hydrogen) atoms. The Balaban J connectivity index is 1.51. The number of carbonyl (C=O) groups is 1. The van der Waals surface area contributed by atoms with E-state index in [1.54, 1.807) is 23.4 Å². The second kappa shape index (κ2) is 11.4. The van der Waals surface area contributed by atoms with Crippen LogP contribution in [0.3, 0.4) is 0 Å². The Bertz CT molecular complexity index is 1490. The van der Waals surface area contributed by atoms with Crippen LogP contribution >= 0.6 is 11.6 Å². The zero-order valence-corrected chi connectivity index (χ0v) is 23.5. The normalized spacial score (nSPS) is 20.6. The van der Waals surface area contributed by atoms with Gasteiger partial charge in [-0.05, 0) is 92.6 Å². The highest BCUT2D eigenvalue weighted by Gasteiger charge is 2.60. The summed E-state index contributed by atoms with van der Waals surface area (Å²) in [6.45, 7) is 2.52. The molecule has 5 rings (SSSR count). The Morgan fingerprint density at radius 2 is 1.88 bits per heavy atom. The average Bonchev–Trinajstić information content (AvgIpc) is 3.72. The van der Waals surface area contributed by atoms with Crippen molar-refractivity contribution >= 4 is 27.7 Å². The lowest BCUT2D eigenvalue weighted by molar-refractivity contribution is -0.00903. The van der Waals surface area contributed by atoms with Gasteiger partial charge in [-0.15, -0.1) is 0 Å². The zero-order chi connectivity index (χ0) is 28.5. The van der Waals surface area contributed by atoms with E-state index in [0.717, 1.165) is 17.7 Å².